The van der Waals surface area contributed by atoms with Gasteiger partial charge < -0.3 is 9.11 Å². The molecule has 1 aromatic rings. The quantitative estimate of drug-likeness (QED) is 0.305. The first-order valence-corrected chi connectivity index (χ1v) is 6.89. The second kappa shape index (κ2) is 8.39. The fourth-order valence-electron chi connectivity index (χ4n) is 0.818. The van der Waals surface area contributed by atoms with E-state index >= 15 is 0 Å². The second-order valence-corrected chi connectivity index (χ2v) is 5.48. The van der Waals surface area contributed by atoms with Crippen LogP contribution in [0.15, 0.2) is 32.7 Å². The Kier molecular flexibility index (Phi) is 9.81. The first-order chi connectivity index (χ1) is 7.59. The number of rotatable bonds is 3. The molecule has 0 fully saturated rings. The minimum atomic E-state index is -4.91. The molecule has 0 aromatic heterocycles. The summed E-state index contributed by atoms with van der Waals surface area (Å²) in [5.74, 6) is 0. The number of hydrogen-bond donors (Lipinski definition) is 0. The molecule has 19 heavy (non-hydrogen) atoms. The largest absolute Gasteiger partial charge is 1.00 e. The van der Waals surface area contributed by atoms with E-state index in [1.165, 1.54) is 0 Å². The van der Waals surface area contributed by atoms with Gasteiger partial charge in [0.15, 0.2) is 0 Å². The summed E-state index contributed by atoms with van der Waals surface area (Å²) in [5, 5.41) is 2.67. The third kappa shape index (κ3) is 8.07. The van der Waals surface area contributed by atoms with Crippen molar-refractivity contribution >= 4 is 37.7 Å². The monoisotopic (exact) mass is 344 g/mol. The summed E-state index contributed by atoms with van der Waals surface area (Å²) in [6.07, 6.45) is 0. The van der Waals surface area contributed by atoms with Gasteiger partial charge in [0, 0.05) is 0 Å². The molecule has 0 aliphatic rings. The minimum absolute atomic E-state index is 0. The van der Waals surface area contributed by atoms with E-state index in [0.717, 1.165) is 18.2 Å². The summed E-state index contributed by atoms with van der Waals surface area (Å²) >= 11 is 5.51. The van der Waals surface area contributed by atoms with Crippen LogP contribution in [0.1, 0.15) is 0 Å². The Labute approximate surface area is 158 Å². The van der Waals surface area contributed by atoms with Gasteiger partial charge in [0.2, 0.25) is 10.3 Å². The van der Waals surface area contributed by atoms with Gasteiger partial charge in [0.05, 0.1) is 9.92 Å². The van der Waals surface area contributed by atoms with Crippen molar-refractivity contribution in [1.29, 1.82) is 0 Å². The first-order valence-electron chi connectivity index (χ1n) is 3.74. The molecular weight excluding hydrogens is 342 g/mol. The van der Waals surface area contributed by atoms with Crippen molar-refractivity contribution in [2.24, 2.45) is 9.63 Å². The first kappa shape index (κ1) is 22.2. The van der Waals surface area contributed by atoms with Crippen LogP contribution in [0.4, 0.5) is 5.69 Å². The topological polar surface area (TPSA) is 139 Å². The van der Waals surface area contributed by atoms with Gasteiger partial charge in [-0.15, -0.1) is 5.11 Å². The molecule has 1 rings (SSSR count). The SMILES string of the molecule is O=S(=O)([O-])N=Nc1ccc(S(=O)(=O)[O-])cc1Cl.[Na+].[Na+]. The maximum Gasteiger partial charge on any atom is 1.00 e. The van der Waals surface area contributed by atoms with Crippen LogP contribution in [0.2, 0.25) is 5.02 Å². The standard InChI is InChI=1S/C6H5ClN2O6S2.2Na/c7-5-3-4(16(10,11)12)1-2-6(5)8-9-17(13,14)15;;/h1-3H,(H,10,11,12)(H,13,14,15);;/q;2*+1/p-2. The van der Waals surface area contributed by atoms with Crippen molar-refractivity contribution < 1.29 is 85.1 Å². The third-order valence-corrected chi connectivity index (χ3v) is 2.87. The maximum absolute atomic E-state index is 10.6. The second-order valence-electron chi connectivity index (χ2n) is 2.68. The van der Waals surface area contributed by atoms with Gasteiger partial charge in [-0.1, -0.05) is 16.1 Å². The van der Waals surface area contributed by atoms with E-state index in [0.29, 0.717) is 0 Å². The van der Waals surface area contributed by atoms with Gasteiger partial charge in [-0.05, 0) is 18.2 Å². The van der Waals surface area contributed by atoms with Crippen LogP contribution in [0.3, 0.4) is 0 Å². The van der Waals surface area contributed by atoms with Crippen LogP contribution in [0.5, 0.6) is 0 Å². The van der Waals surface area contributed by atoms with Crippen LogP contribution in [-0.4, -0.2) is 25.9 Å². The van der Waals surface area contributed by atoms with E-state index in [-0.39, 0.29) is 69.8 Å². The van der Waals surface area contributed by atoms with E-state index in [2.05, 4.69) is 9.63 Å². The molecule has 8 nitrogen and oxygen atoms in total. The Balaban J connectivity index is 0. The zero-order chi connectivity index (χ0) is 13.3. The Hall–Kier alpha value is 0.930. The van der Waals surface area contributed by atoms with E-state index in [4.69, 9.17) is 11.6 Å². The molecule has 13 heteroatoms. The molecule has 0 radical (unpaired) electrons. The summed E-state index contributed by atoms with van der Waals surface area (Å²) in [6, 6.07) is 2.58. The number of halogens is 1. The van der Waals surface area contributed by atoms with Crippen molar-refractivity contribution in [2.45, 2.75) is 4.90 Å². The van der Waals surface area contributed by atoms with Gasteiger partial charge in [-0.25, -0.2) is 16.8 Å². The molecule has 0 amide bonds. The van der Waals surface area contributed by atoms with Crippen LogP contribution in [0.25, 0.3) is 0 Å². The van der Waals surface area contributed by atoms with E-state index in [9.17, 15) is 25.9 Å². The Bertz CT molecular complexity index is 675. The predicted molar refractivity (Wildman–Crippen MR) is 53.6 cm³/mol. The molecule has 0 unspecified atom stereocenters. The van der Waals surface area contributed by atoms with Crippen LogP contribution >= 0.6 is 11.6 Å². The smallest absolute Gasteiger partial charge is 0.744 e. The average Bonchev–Trinajstić information content (AvgIpc) is 2.12. The van der Waals surface area contributed by atoms with Crippen LogP contribution in [0, 0.1) is 0 Å². The summed E-state index contributed by atoms with van der Waals surface area (Å²) in [7, 11) is -9.58. The summed E-state index contributed by atoms with van der Waals surface area (Å²) in [6.45, 7) is 0. The number of benzene rings is 1. The number of nitrogens with zero attached hydrogens (tertiary/aromatic N) is 2. The molecule has 0 N–H and O–H groups in total. The van der Waals surface area contributed by atoms with Crippen molar-refractivity contribution in [2.75, 3.05) is 0 Å². The Morgan fingerprint density at radius 1 is 1.05 bits per heavy atom. The normalized spacial score (nSPS) is 11.7. The number of hydrogen-bond acceptors (Lipinski definition) is 7. The molecule has 0 saturated heterocycles. The Morgan fingerprint density at radius 2 is 1.58 bits per heavy atom. The molecule has 1 aromatic carbocycles. The van der Waals surface area contributed by atoms with Crippen molar-refractivity contribution in [3.63, 3.8) is 0 Å². The van der Waals surface area contributed by atoms with Crippen LogP contribution < -0.4 is 59.1 Å². The van der Waals surface area contributed by atoms with Gasteiger partial charge in [0.25, 0.3) is 0 Å². The zero-order valence-electron chi connectivity index (χ0n) is 9.77. The van der Waals surface area contributed by atoms with Gasteiger partial charge in [-0.2, -0.15) is 0 Å². The molecular formula is C6H3ClN2Na2O6S2. The van der Waals surface area contributed by atoms with Gasteiger partial charge >= 0.3 is 59.1 Å². The predicted octanol–water partition coefficient (Wildman–Crippen LogP) is -5.20. The van der Waals surface area contributed by atoms with E-state index < -0.39 is 25.3 Å². The molecule has 0 heterocycles. The summed E-state index contributed by atoms with van der Waals surface area (Å²) in [5.41, 5.74) is -0.251. The average molecular weight is 345 g/mol. The van der Waals surface area contributed by atoms with Crippen molar-refractivity contribution in [3.05, 3.63) is 23.2 Å². The molecule has 0 aliphatic heterocycles. The van der Waals surface area contributed by atoms with Crippen molar-refractivity contribution in [1.82, 2.24) is 0 Å². The molecule has 0 spiro atoms. The molecule has 0 saturated carbocycles. The van der Waals surface area contributed by atoms with Gasteiger partial charge in [0.1, 0.15) is 15.8 Å². The summed E-state index contributed by atoms with van der Waals surface area (Å²) in [4.78, 5) is -0.605. The molecule has 94 valence electrons. The third-order valence-electron chi connectivity index (χ3n) is 1.46. The molecule has 0 aliphatic carbocycles. The van der Waals surface area contributed by atoms with Crippen molar-refractivity contribution in [3.8, 4) is 0 Å². The fourth-order valence-corrected chi connectivity index (χ4v) is 1.79. The minimum Gasteiger partial charge on any atom is -0.744 e. The van der Waals surface area contributed by atoms with Crippen LogP contribution in [-0.2, 0) is 20.4 Å². The Morgan fingerprint density at radius 3 is 1.95 bits per heavy atom. The molecule has 0 atom stereocenters. The fraction of sp³-hybridized carbons (Fsp3) is 0. The van der Waals surface area contributed by atoms with E-state index in [1.807, 2.05) is 0 Å². The maximum atomic E-state index is 10.6. The zero-order valence-corrected chi connectivity index (χ0v) is 16.2. The summed E-state index contributed by atoms with van der Waals surface area (Å²) < 4.78 is 64.6. The molecule has 0 bridgehead atoms. The van der Waals surface area contributed by atoms with Gasteiger partial charge in [-0.3, -0.25) is 0 Å². The van der Waals surface area contributed by atoms with E-state index in [1.54, 1.807) is 0 Å².